The molecule has 2 aromatic rings. The maximum atomic E-state index is 12.1. The lowest BCUT2D eigenvalue weighted by atomic mass is 10.2. The van der Waals surface area contributed by atoms with Gasteiger partial charge in [-0.2, -0.15) is 0 Å². The third-order valence-corrected chi connectivity index (χ3v) is 4.85. The molecule has 0 saturated carbocycles. The first-order chi connectivity index (χ1) is 12.6. The molecule has 1 aliphatic heterocycles. The van der Waals surface area contributed by atoms with Crippen LogP contribution in [0.2, 0.25) is 0 Å². The van der Waals surface area contributed by atoms with E-state index in [0.29, 0.717) is 5.75 Å². The van der Waals surface area contributed by atoms with Crippen molar-refractivity contribution in [1.29, 1.82) is 0 Å². The summed E-state index contributed by atoms with van der Waals surface area (Å²) in [5.74, 6) is 0.559. The fourth-order valence-corrected chi connectivity index (χ4v) is 3.24. The molecule has 1 heterocycles. The fraction of sp³-hybridized carbons (Fsp3) is 0.381. The van der Waals surface area contributed by atoms with Gasteiger partial charge in [0, 0.05) is 11.4 Å². The van der Waals surface area contributed by atoms with E-state index in [9.17, 15) is 4.79 Å². The van der Waals surface area contributed by atoms with Gasteiger partial charge >= 0.3 is 0 Å². The van der Waals surface area contributed by atoms with Gasteiger partial charge in [0.1, 0.15) is 5.75 Å². The molecule has 2 N–H and O–H groups in total. The number of benzene rings is 2. The highest BCUT2D eigenvalue weighted by Gasteiger charge is 2.18. The molecule has 1 saturated heterocycles. The molecule has 0 atom stereocenters. The average Bonchev–Trinajstić information content (AvgIpc) is 2.67. The maximum absolute atomic E-state index is 12.1. The number of nitrogens with zero attached hydrogens (tertiary/aromatic N) is 1. The van der Waals surface area contributed by atoms with E-state index < -0.39 is 0 Å². The number of anilines is 2. The Morgan fingerprint density at radius 2 is 1.88 bits per heavy atom. The third-order valence-electron chi connectivity index (χ3n) is 4.85. The summed E-state index contributed by atoms with van der Waals surface area (Å²) in [7, 11) is 0. The molecular weight excluding hydrogens is 326 g/mol. The van der Waals surface area contributed by atoms with Crippen LogP contribution < -0.4 is 19.9 Å². The molecule has 26 heavy (non-hydrogen) atoms. The van der Waals surface area contributed by atoms with Gasteiger partial charge in [0.15, 0.2) is 6.61 Å². The number of aryl methyl sites for hydroxylation is 1. The van der Waals surface area contributed by atoms with Crippen LogP contribution in [0.4, 0.5) is 11.4 Å². The number of rotatable bonds is 6. The Balaban J connectivity index is 1.48. The minimum Gasteiger partial charge on any atom is -0.484 e. The zero-order chi connectivity index (χ0) is 18.4. The molecule has 3 rings (SSSR count). The fourth-order valence-electron chi connectivity index (χ4n) is 3.24. The van der Waals surface area contributed by atoms with Crippen LogP contribution in [0.5, 0.6) is 5.75 Å². The number of hydrogen-bond donors (Lipinski definition) is 2. The standard InChI is InChI=1S/C21H27N3O2/c1-3-23-11-13-24(14-12-23)19-9-7-18(8-10-19)22-21(25)16-26-20-6-4-5-17(2)15-20/h4-10,15H,3,11-14,16H2,1-2H3,(H,22,25)/p+1. The van der Waals surface area contributed by atoms with Crippen LogP contribution >= 0.6 is 0 Å². The summed E-state index contributed by atoms with van der Waals surface area (Å²) in [6, 6.07) is 15.8. The molecule has 138 valence electrons. The van der Waals surface area contributed by atoms with Gasteiger partial charge in [0.25, 0.3) is 5.91 Å². The number of ether oxygens (including phenoxy) is 1. The lowest BCUT2D eigenvalue weighted by Crippen LogP contribution is -3.14. The molecule has 0 radical (unpaired) electrons. The zero-order valence-corrected chi connectivity index (χ0v) is 15.6. The number of carbonyl (C=O) groups excluding carboxylic acids is 1. The molecule has 2 aromatic carbocycles. The molecule has 0 spiro atoms. The Morgan fingerprint density at radius 3 is 2.54 bits per heavy atom. The van der Waals surface area contributed by atoms with E-state index >= 15 is 0 Å². The molecule has 0 unspecified atom stereocenters. The second-order valence-corrected chi connectivity index (χ2v) is 6.79. The van der Waals surface area contributed by atoms with Gasteiger partial charge in [-0.25, -0.2) is 0 Å². The Hall–Kier alpha value is -2.53. The van der Waals surface area contributed by atoms with Crippen molar-refractivity contribution >= 4 is 17.3 Å². The Labute approximate surface area is 155 Å². The highest BCUT2D eigenvalue weighted by molar-refractivity contribution is 5.92. The summed E-state index contributed by atoms with van der Waals surface area (Å²) in [5, 5.41) is 2.89. The second kappa shape index (κ2) is 8.72. The summed E-state index contributed by atoms with van der Waals surface area (Å²) in [4.78, 5) is 16.2. The first kappa shape index (κ1) is 18.3. The Bertz CT molecular complexity index is 722. The van der Waals surface area contributed by atoms with Crippen molar-refractivity contribution in [3.63, 3.8) is 0 Å². The predicted octanol–water partition coefficient (Wildman–Crippen LogP) is 1.74. The first-order valence-corrected chi connectivity index (χ1v) is 9.32. The lowest BCUT2D eigenvalue weighted by molar-refractivity contribution is -0.898. The van der Waals surface area contributed by atoms with E-state index in [1.165, 1.54) is 25.3 Å². The molecule has 5 nitrogen and oxygen atoms in total. The predicted molar refractivity (Wildman–Crippen MR) is 105 cm³/mol. The SMILES string of the molecule is CC[NH+]1CCN(c2ccc(NC(=O)COc3cccc(C)c3)cc2)CC1. The van der Waals surface area contributed by atoms with Crippen molar-refractivity contribution in [2.45, 2.75) is 13.8 Å². The van der Waals surface area contributed by atoms with Gasteiger partial charge in [-0.1, -0.05) is 12.1 Å². The molecule has 0 aromatic heterocycles. The highest BCUT2D eigenvalue weighted by Crippen LogP contribution is 2.18. The lowest BCUT2D eigenvalue weighted by Gasteiger charge is -2.33. The summed E-state index contributed by atoms with van der Waals surface area (Å²) < 4.78 is 5.54. The van der Waals surface area contributed by atoms with Crippen LogP contribution in [0.25, 0.3) is 0 Å². The molecule has 0 aliphatic carbocycles. The maximum Gasteiger partial charge on any atom is 0.262 e. The van der Waals surface area contributed by atoms with Gasteiger partial charge in [0.2, 0.25) is 0 Å². The molecule has 1 amide bonds. The van der Waals surface area contributed by atoms with Crippen molar-refractivity contribution < 1.29 is 14.4 Å². The zero-order valence-electron chi connectivity index (χ0n) is 15.6. The van der Waals surface area contributed by atoms with Crippen LogP contribution in [0.3, 0.4) is 0 Å². The highest BCUT2D eigenvalue weighted by atomic mass is 16.5. The Kier molecular flexibility index (Phi) is 6.12. The average molecular weight is 354 g/mol. The molecule has 1 aliphatic rings. The van der Waals surface area contributed by atoms with Crippen LogP contribution in [0, 0.1) is 6.92 Å². The minimum absolute atomic E-state index is 0.00690. The van der Waals surface area contributed by atoms with Crippen LogP contribution in [0.15, 0.2) is 48.5 Å². The van der Waals surface area contributed by atoms with Crippen LogP contribution in [-0.2, 0) is 4.79 Å². The quantitative estimate of drug-likeness (QED) is 0.831. The normalized spacial score (nSPS) is 14.9. The summed E-state index contributed by atoms with van der Waals surface area (Å²) in [5.41, 5.74) is 3.12. The van der Waals surface area contributed by atoms with Crippen LogP contribution in [-0.4, -0.2) is 45.2 Å². The number of nitrogens with one attached hydrogen (secondary N) is 2. The number of hydrogen-bond acceptors (Lipinski definition) is 3. The summed E-state index contributed by atoms with van der Waals surface area (Å²) >= 11 is 0. The van der Waals surface area contributed by atoms with E-state index in [1.807, 2.05) is 43.3 Å². The van der Waals surface area contributed by atoms with Crippen molar-refractivity contribution in [2.24, 2.45) is 0 Å². The Morgan fingerprint density at radius 1 is 1.15 bits per heavy atom. The van der Waals surface area contributed by atoms with Gasteiger partial charge in [-0.15, -0.1) is 0 Å². The van der Waals surface area contributed by atoms with E-state index in [2.05, 4.69) is 29.3 Å². The topological polar surface area (TPSA) is 46.0 Å². The van der Waals surface area contributed by atoms with E-state index in [-0.39, 0.29) is 12.5 Å². The summed E-state index contributed by atoms with van der Waals surface area (Å²) in [6.07, 6.45) is 0. The number of quaternary nitrogens is 1. The molecular formula is C21H28N3O2+. The summed E-state index contributed by atoms with van der Waals surface area (Å²) in [6.45, 7) is 9.98. The van der Waals surface area contributed by atoms with Crippen molar-refractivity contribution in [1.82, 2.24) is 0 Å². The van der Waals surface area contributed by atoms with Gasteiger partial charge in [-0.05, 0) is 55.8 Å². The van der Waals surface area contributed by atoms with Crippen molar-refractivity contribution in [3.8, 4) is 5.75 Å². The molecule has 1 fully saturated rings. The number of amides is 1. The molecule has 5 heteroatoms. The third kappa shape index (κ3) is 4.99. The molecule has 0 bridgehead atoms. The van der Waals surface area contributed by atoms with Crippen molar-refractivity contribution in [2.75, 3.05) is 49.5 Å². The smallest absolute Gasteiger partial charge is 0.262 e. The van der Waals surface area contributed by atoms with E-state index in [4.69, 9.17) is 4.74 Å². The number of carbonyl (C=O) groups is 1. The van der Waals surface area contributed by atoms with Gasteiger partial charge in [-0.3, -0.25) is 4.79 Å². The van der Waals surface area contributed by atoms with Gasteiger partial charge < -0.3 is 19.9 Å². The first-order valence-electron chi connectivity index (χ1n) is 9.32. The van der Waals surface area contributed by atoms with Crippen molar-refractivity contribution in [3.05, 3.63) is 54.1 Å². The number of piperazine rings is 1. The number of likely N-dealkylation sites (N-methyl/N-ethyl adjacent to an activating group) is 1. The van der Waals surface area contributed by atoms with Crippen LogP contribution in [0.1, 0.15) is 12.5 Å². The monoisotopic (exact) mass is 354 g/mol. The van der Waals surface area contributed by atoms with E-state index in [1.54, 1.807) is 4.90 Å². The minimum atomic E-state index is -0.153. The second-order valence-electron chi connectivity index (χ2n) is 6.79. The van der Waals surface area contributed by atoms with Gasteiger partial charge in [0.05, 0.1) is 32.7 Å². The van der Waals surface area contributed by atoms with E-state index in [0.717, 1.165) is 24.3 Å². The largest absolute Gasteiger partial charge is 0.484 e.